The molecule has 144 valence electrons. The third-order valence-corrected chi connectivity index (χ3v) is 5.33. The van der Waals surface area contributed by atoms with Crippen LogP contribution in [0.15, 0.2) is 52.0 Å². The molecule has 0 spiro atoms. The Morgan fingerprint density at radius 1 is 1.21 bits per heavy atom. The number of benzene rings is 2. The van der Waals surface area contributed by atoms with Crippen molar-refractivity contribution in [3.05, 3.63) is 63.7 Å². The Balaban J connectivity index is 2.13. The molecule has 0 radical (unpaired) electrons. The van der Waals surface area contributed by atoms with Crippen molar-refractivity contribution in [3.8, 4) is 0 Å². The lowest BCUT2D eigenvalue weighted by Crippen LogP contribution is -2.27. The van der Waals surface area contributed by atoms with Gasteiger partial charge in [-0.05, 0) is 36.3 Å². The number of nitrogens with zero attached hydrogens (tertiary/aromatic N) is 1. The number of nitrogens with one attached hydrogen (secondary N) is 1. The van der Waals surface area contributed by atoms with Crippen LogP contribution in [-0.2, 0) is 19.7 Å². The third-order valence-electron chi connectivity index (χ3n) is 4.03. The van der Waals surface area contributed by atoms with Gasteiger partial charge in [-0.1, -0.05) is 35.9 Å². The number of carbonyl (C=O) groups is 2. The van der Waals surface area contributed by atoms with Crippen LogP contribution in [0.25, 0.3) is 6.08 Å². The number of aliphatic carboxylic acids is 1. The number of carbonyl (C=O) groups excluding carboxylic acids is 1. The number of aryl methyl sites for hydroxylation is 1. The summed E-state index contributed by atoms with van der Waals surface area (Å²) in [5.74, 6) is -2.26. The zero-order chi connectivity index (χ0) is 20.6. The number of fused-ring (bicyclic) bond motifs is 1. The van der Waals surface area contributed by atoms with Gasteiger partial charge < -0.3 is 5.11 Å². The standard InChI is InChI=1S/C18H13ClN2O6S/c1-9-6-15(28(25,26)27)14(8-13(9)19)20-21-16-11-5-3-2-4-10(11)7-12(17(16)22)18(23)24/h2-8,20H,1H3,(H,23,24)(H,25,26,27)/b21-16-. The Kier molecular flexibility index (Phi) is 5.07. The maximum atomic E-state index is 12.5. The minimum Gasteiger partial charge on any atom is -0.478 e. The van der Waals surface area contributed by atoms with Gasteiger partial charge in [0.05, 0.1) is 5.69 Å². The second-order valence-corrected chi connectivity index (χ2v) is 7.72. The molecule has 10 heteroatoms. The molecule has 28 heavy (non-hydrogen) atoms. The minimum absolute atomic E-state index is 0.165. The highest BCUT2D eigenvalue weighted by Crippen LogP contribution is 2.29. The number of anilines is 1. The van der Waals surface area contributed by atoms with E-state index in [-0.39, 0.29) is 16.4 Å². The van der Waals surface area contributed by atoms with Gasteiger partial charge in [-0.2, -0.15) is 13.5 Å². The summed E-state index contributed by atoms with van der Waals surface area (Å²) >= 11 is 6.01. The highest BCUT2D eigenvalue weighted by atomic mass is 35.5. The lowest BCUT2D eigenvalue weighted by molar-refractivity contribution is -0.133. The Hall–Kier alpha value is -3.01. The number of hydrazone groups is 1. The normalized spacial score (nSPS) is 15.2. The van der Waals surface area contributed by atoms with Gasteiger partial charge in [-0.25, -0.2) is 4.79 Å². The van der Waals surface area contributed by atoms with Gasteiger partial charge in [-0.3, -0.25) is 14.8 Å². The molecule has 0 fully saturated rings. The number of carboxylic acids is 1. The summed E-state index contributed by atoms with van der Waals surface area (Å²) in [5, 5.41) is 13.4. The van der Waals surface area contributed by atoms with Crippen LogP contribution >= 0.6 is 11.6 Å². The van der Waals surface area contributed by atoms with Crippen molar-refractivity contribution < 1.29 is 27.7 Å². The summed E-state index contributed by atoms with van der Waals surface area (Å²) in [6, 6.07) is 8.90. The van der Waals surface area contributed by atoms with E-state index in [1.807, 2.05) is 0 Å². The number of hydrogen-bond acceptors (Lipinski definition) is 6. The van der Waals surface area contributed by atoms with E-state index in [4.69, 9.17) is 11.6 Å². The van der Waals surface area contributed by atoms with Gasteiger partial charge in [0, 0.05) is 10.6 Å². The largest absolute Gasteiger partial charge is 0.478 e. The smallest absolute Gasteiger partial charge is 0.339 e. The van der Waals surface area contributed by atoms with Crippen LogP contribution in [0, 0.1) is 6.92 Å². The van der Waals surface area contributed by atoms with Gasteiger partial charge in [0.2, 0.25) is 5.78 Å². The fourth-order valence-electron chi connectivity index (χ4n) is 2.65. The summed E-state index contributed by atoms with van der Waals surface area (Å²) in [5.41, 5.74) is 2.80. The van der Waals surface area contributed by atoms with Gasteiger partial charge in [-0.15, -0.1) is 0 Å². The monoisotopic (exact) mass is 420 g/mol. The molecule has 8 nitrogen and oxygen atoms in total. The third kappa shape index (κ3) is 3.68. The van der Waals surface area contributed by atoms with E-state index < -0.39 is 32.3 Å². The molecule has 0 saturated carbocycles. The fourth-order valence-corrected chi connectivity index (χ4v) is 3.52. The average Bonchev–Trinajstić information content (AvgIpc) is 2.61. The van der Waals surface area contributed by atoms with Crippen LogP contribution in [0.2, 0.25) is 5.02 Å². The van der Waals surface area contributed by atoms with Crippen LogP contribution < -0.4 is 5.43 Å². The van der Waals surface area contributed by atoms with E-state index >= 15 is 0 Å². The summed E-state index contributed by atoms with van der Waals surface area (Å²) in [7, 11) is -4.60. The van der Waals surface area contributed by atoms with E-state index in [1.165, 1.54) is 12.1 Å². The number of ketones is 1. The number of rotatable bonds is 4. The molecule has 0 saturated heterocycles. The summed E-state index contributed by atoms with van der Waals surface area (Å²) < 4.78 is 32.7. The molecule has 2 aromatic carbocycles. The number of carboxylic acid groups (broad SMARTS) is 1. The maximum Gasteiger partial charge on any atom is 0.339 e. The molecular formula is C18H13ClN2O6S. The van der Waals surface area contributed by atoms with E-state index in [0.29, 0.717) is 16.7 Å². The second-order valence-electron chi connectivity index (χ2n) is 5.92. The number of halogens is 1. The Bertz CT molecular complexity index is 1180. The molecule has 0 heterocycles. The van der Waals surface area contributed by atoms with E-state index in [0.717, 1.165) is 6.07 Å². The SMILES string of the molecule is Cc1cc(S(=O)(=O)O)c(N/N=C2\C(=O)C(C(=O)O)=Cc3ccccc32)cc1Cl. The molecule has 0 atom stereocenters. The highest BCUT2D eigenvalue weighted by Gasteiger charge is 2.30. The summed E-state index contributed by atoms with van der Waals surface area (Å²) in [4.78, 5) is 23.4. The highest BCUT2D eigenvalue weighted by molar-refractivity contribution is 7.86. The van der Waals surface area contributed by atoms with Crippen molar-refractivity contribution in [1.82, 2.24) is 0 Å². The Morgan fingerprint density at radius 3 is 2.54 bits per heavy atom. The van der Waals surface area contributed by atoms with Crippen molar-refractivity contribution in [2.45, 2.75) is 11.8 Å². The van der Waals surface area contributed by atoms with Gasteiger partial charge >= 0.3 is 5.97 Å². The predicted octanol–water partition coefficient (Wildman–Crippen LogP) is 2.76. The first-order valence-corrected chi connectivity index (χ1v) is 9.62. The zero-order valence-electron chi connectivity index (χ0n) is 14.3. The quantitative estimate of drug-likeness (QED) is 0.393. The van der Waals surface area contributed by atoms with Crippen molar-refractivity contribution in [3.63, 3.8) is 0 Å². The number of hydrogen-bond donors (Lipinski definition) is 3. The summed E-state index contributed by atoms with van der Waals surface area (Å²) in [6.45, 7) is 1.55. The van der Waals surface area contributed by atoms with E-state index in [2.05, 4.69) is 10.5 Å². The lowest BCUT2D eigenvalue weighted by atomic mass is 9.89. The maximum absolute atomic E-state index is 12.5. The first kappa shape index (κ1) is 19.7. The van der Waals surface area contributed by atoms with Crippen molar-refractivity contribution in [2.24, 2.45) is 5.10 Å². The first-order chi connectivity index (χ1) is 13.1. The van der Waals surface area contributed by atoms with Crippen LogP contribution in [0.5, 0.6) is 0 Å². The number of Topliss-reactive ketones (excluding diaryl/α,β-unsaturated/α-hetero) is 1. The van der Waals surface area contributed by atoms with Crippen LogP contribution in [0.1, 0.15) is 16.7 Å². The zero-order valence-corrected chi connectivity index (χ0v) is 15.9. The van der Waals surface area contributed by atoms with Crippen LogP contribution in [0.3, 0.4) is 0 Å². The van der Waals surface area contributed by atoms with Crippen LogP contribution in [0.4, 0.5) is 5.69 Å². The van der Waals surface area contributed by atoms with Gasteiger partial charge in [0.15, 0.2) is 0 Å². The molecular weight excluding hydrogens is 408 g/mol. The summed E-state index contributed by atoms with van der Waals surface area (Å²) in [6.07, 6.45) is 1.24. The average molecular weight is 421 g/mol. The molecule has 2 aromatic rings. The van der Waals surface area contributed by atoms with Gasteiger partial charge in [0.1, 0.15) is 16.2 Å². The second kappa shape index (κ2) is 7.19. The molecule has 3 N–H and O–H groups in total. The molecule has 0 amide bonds. The Labute approximate surface area is 164 Å². The van der Waals surface area contributed by atoms with E-state index in [1.54, 1.807) is 31.2 Å². The molecule has 0 aliphatic heterocycles. The van der Waals surface area contributed by atoms with Crippen LogP contribution in [-0.4, -0.2) is 35.5 Å². The minimum atomic E-state index is -4.60. The van der Waals surface area contributed by atoms with Crippen molar-refractivity contribution >= 4 is 50.9 Å². The lowest BCUT2D eigenvalue weighted by Gasteiger charge is -2.16. The molecule has 1 aliphatic carbocycles. The molecule has 1 aliphatic rings. The molecule has 3 rings (SSSR count). The molecule has 0 unspecified atom stereocenters. The van der Waals surface area contributed by atoms with Gasteiger partial charge in [0.25, 0.3) is 10.1 Å². The van der Waals surface area contributed by atoms with Crippen molar-refractivity contribution in [1.29, 1.82) is 0 Å². The van der Waals surface area contributed by atoms with Crippen molar-refractivity contribution in [2.75, 3.05) is 5.43 Å². The first-order valence-electron chi connectivity index (χ1n) is 7.80. The predicted molar refractivity (Wildman–Crippen MR) is 103 cm³/mol. The Morgan fingerprint density at radius 2 is 1.89 bits per heavy atom. The molecule has 0 bridgehead atoms. The molecule has 0 aromatic heterocycles. The fraction of sp³-hybridized carbons (Fsp3) is 0.0556. The van der Waals surface area contributed by atoms with E-state index in [9.17, 15) is 27.7 Å². The topological polar surface area (TPSA) is 133 Å².